The Kier molecular flexibility index (Phi) is 9.63. The van der Waals surface area contributed by atoms with Crippen LogP contribution in [0, 0.1) is 5.92 Å². The van der Waals surface area contributed by atoms with E-state index < -0.39 is 40.8 Å². The third kappa shape index (κ3) is 7.83. The second-order valence-corrected chi connectivity index (χ2v) is 11.6. The summed E-state index contributed by atoms with van der Waals surface area (Å²) in [4.78, 5) is 30.0. The zero-order valence-corrected chi connectivity index (χ0v) is 22.3. The van der Waals surface area contributed by atoms with Crippen molar-refractivity contribution in [1.82, 2.24) is 15.0 Å². The molecule has 4 rings (SSSR count). The minimum Gasteiger partial charge on any atom is -0.426 e. The van der Waals surface area contributed by atoms with E-state index in [0.717, 1.165) is 31.2 Å². The van der Waals surface area contributed by atoms with Crippen molar-refractivity contribution in [2.24, 2.45) is 5.92 Å². The first-order valence-electron chi connectivity index (χ1n) is 13.0. The summed E-state index contributed by atoms with van der Waals surface area (Å²) in [5, 5.41) is 22.4. The number of aromatic nitrogens is 1. The monoisotopic (exact) mass is 549 g/mol. The van der Waals surface area contributed by atoms with Gasteiger partial charge in [0, 0.05) is 11.8 Å². The summed E-state index contributed by atoms with van der Waals surface area (Å²) in [5.74, 6) is -1.53. The minimum absolute atomic E-state index is 0.0370. The van der Waals surface area contributed by atoms with Gasteiger partial charge in [0.2, 0.25) is 21.7 Å². The SMILES string of the molecule is O=C(c1cccc(S(=O)(=O)N[C@@H](Cc2ccccc2)C(=O)N[C@@H](CCC2CCC2)B(O)O)c1)c1ccccn1. The molecule has 0 bridgehead atoms. The number of sulfonamides is 1. The Morgan fingerprint density at radius 2 is 1.74 bits per heavy atom. The Morgan fingerprint density at radius 1 is 1.00 bits per heavy atom. The van der Waals surface area contributed by atoms with Crippen LogP contribution in [0.25, 0.3) is 0 Å². The van der Waals surface area contributed by atoms with Crippen molar-refractivity contribution in [3.8, 4) is 0 Å². The molecule has 39 heavy (non-hydrogen) atoms. The summed E-state index contributed by atoms with van der Waals surface area (Å²) in [5.41, 5.74) is 1.03. The molecular formula is C28H32BN3O6S. The molecule has 11 heteroatoms. The van der Waals surface area contributed by atoms with Crippen molar-refractivity contribution in [1.29, 1.82) is 0 Å². The number of carbonyl (C=O) groups is 2. The Morgan fingerprint density at radius 3 is 2.38 bits per heavy atom. The Labute approximate surface area is 228 Å². The molecule has 1 fully saturated rings. The zero-order chi connectivity index (χ0) is 27.8. The summed E-state index contributed by atoms with van der Waals surface area (Å²) in [6, 6.07) is 18.1. The van der Waals surface area contributed by atoms with Crippen LogP contribution in [0.2, 0.25) is 0 Å². The molecule has 3 aromatic rings. The number of rotatable bonds is 13. The number of carbonyl (C=O) groups excluding carboxylic acids is 2. The van der Waals surface area contributed by atoms with Gasteiger partial charge in [0.15, 0.2) is 0 Å². The molecule has 1 aliphatic carbocycles. The fourth-order valence-electron chi connectivity index (χ4n) is 4.52. The predicted octanol–water partition coefficient (Wildman–Crippen LogP) is 2.28. The third-order valence-corrected chi connectivity index (χ3v) is 8.47. The van der Waals surface area contributed by atoms with E-state index in [1.807, 2.05) is 6.07 Å². The molecule has 1 saturated carbocycles. The van der Waals surface area contributed by atoms with Gasteiger partial charge in [-0.3, -0.25) is 14.6 Å². The normalized spacial score (nSPS) is 15.1. The van der Waals surface area contributed by atoms with Crippen LogP contribution in [-0.2, 0) is 21.2 Å². The van der Waals surface area contributed by atoms with Crippen LogP contribution >= 0.6 is 0 Å². The standard InChI is InChI=1S/C28H32BN3O6S/c33-27(24-14-4-5-17-30-24)22-12-7-13-23(19-22)39(37,38)32-25(18-21-8-2-1-3-9-21)28(34)31-26(29(35)36)16-15-20-10-6-11-20/h1-5,7-9,12-14,17,19-20,25-26,32,35-36H,6,10-11,15-16,18H2,(H,31,34)/t25-,26-/m0/s1. The van der Waals surface area contributed by atoms with Crippen molar-refractivity contribution in [3.05, 3.63) is 95.8 Å². The van der Waals surface area contributed by atoms with Crippen LogP contribution in [0.1, 0.15) is 53.7 Å². The van der Waals surface area contributed by atoms with Gasteiger partial charge in [0.1, 0.15) is 11.7 Å². The average Bonchev–Trinajstić information content (AvgIpc) is 2.91. The van der Waals surface area contributed by atoms with Crippen molar-refractivity contribution >= 4 is 28.8 Å². The summed E-state index contributed by atoms with van der Waals surface area (Å²) in [6.07, 6.45) is 5.95. The van der Waals surface area contributed by atoms with E-state index in [0.29, 0.717) is 12.3 Å². The zero-order valence-electron chi connectivity index (χ0n) is 21.4. The van der Waals surface area contributed by atoms with Crippen molar-refractivity contribution in [2.45, 2.75) is 55.4 Å². The molecule has 0 aliphatic heterocycles. The van der Waals surface area contributed by atoms with Crippen molar-refractivity contribution in [3.63, 3.8) is 0 Å². The highest BCUT2D eigenvalue weighted by molar-refractivity contribution is 7.89. The molecule has 2 atom stereocenters. The van der Waals surface area contributed by atoms with Crippen molar-refractivity contribution in [2.75, 3.05) is 0 Å². The largest absolute Gasteiger partial charge is 0.475 e. The molecular weight excluding hydrogens is 517 g/mol. The molecule has 1 heterocycles. The third-order valence-electron chi connectivity index (χ3n) is 7.00. The van der Waals surface area contributed by atoms with Crippen LogP contribution in [0.4, 0.5) is 0 Å². The number of nitrogens with zero attached hydrogens (tertiary/aromatic N) is 1. The summed E-state index contributed by atoms with van der Waals surface area (Å²) in [7, 11) is -6.03. The lowest BCUT2D eigenvalue weighted by atomic mass is 9.73. The fourth-order valence-corrected chi connectivity index (χ4v) is 5.76. The van der Waals surface area contributed by atoms with E-state index in [2.05, 4.69) is 15.0 Å². The van der Waals surface area contributed by atoms with Gasteiger partial charge in [0.25, 0.3) is 0 Å². The smallest absolute Gasteiger partial charge is 0.426 e. The molecule has 0 spiro atoms. The van der Waals surface area contributed by atoms with Gasteiger partial charge in [-0.05, 0) is 55.0 Å². The molecule has 4 N–H and O–H groups in total. The molecule has 9 nitrogen and oxygen atoms in total. The highest BCUT2D eigenvalue weighted by Gasteiger charge is 2.32. The van der Waals surface area contributed by atoms with E-state index in [4.69, 9.17) is 0 Å². The van der Waals surface area contributed by atoms with E-state index in [-0.39, 0.29) is 22.6 Å². The highest BCUT2D eigenvalue weighted by Crippen LogP contribution is 2.31. The van der Waals surface area contributed by atoms with Gasteiger partial charge in [-0.2, -0.15) is 4.72 Å². The minimum atomic E-state index is -4.25. The van der Waals surface area contributed by atoms with Gasteiger partial charge in [0.05, 0.1) is 10.8 Å². The van der Waals surface area contributed by atoms with Gasteiger partial charge in [-0.1, -0.05) is 67.8 Å². The van der Waals surface area contributed by atoms with Gasteiger partial charge in [-0.25, -0.2) is 8.42 Å². The van der Waals surface area contributed by atoms with Crippen molar-refractivity contribution < 1.29 is 28.1 Å². The summed E-state index contributed by atoms with van der Waals surface area (Å²) in [6.45, 7) is 0. The predicted molar refractivity (Wildman–Crippen MR) is 147 cm³/mol. The summed E-state index contributed by atoms with van der Waals surface area (Å²) < 4.78 is 29.3. The van der Waals surface area contributed by atoms with Crippen LogP contribution in [0.15, 0.2) is 83.9 Å². The van der Waals surface area contributed by atoms with E-state index in [1.54, 1.807) is 42.5 Å². The van der Waals surface area contributed by atoms with Gasteiger partial charge < -0.3 is 15.4 Å². The molecule has 1 aromatic heterocycles. The van der Waals surface area contributed by atoms with Crippen LogP contribution in [0.5, 0.6) is 0 Å². The fraction of sp³-hybridized carbons (Fsp3) is 0.321. The first-order valence-corrected chi connectivity index (χ1v) is 14.5. The summed E-state index contributed by atoms with van der Waals surface area (Å²) >= 11 is 0. The quantitative estimate of drug-likeness (QED) is 0.189. The van der Waals surface area contributed by atoms with Crippen LogP contribution < -0.4 is 10.0 Å². The maximum Gasteiger partial charge on any atom is 0.475 e. The molecule has 0 unspecified atom stereocenters. The van der Waals surface area contributed by atoms with Crippen LogP contribution in [-0.4, -0.2) is 54.2 Å². The molecule has 1 amide bonds. The molecule has 0 radical (unpaired) electrons. The maximum absolute atomic E-state index is 13.4. The van der Waals surface area contributed by atoms with E-state index >= 15 is 0 Å². The highest BCUT2D eigenvalue weighted by atomic mass is 32.2. The molecule has 1 aliphatic rings. The number of ketones is 1. The average molecular weight is 549 g/mol. The lowest BCUT2D eigenvalue weighted by molar-refractivity contribution is -0.123. The second-order valence-electron chi connectivity index (χ2n) is 9.84. The topological polar surface area (TPSA) is 146 Å². The number of hydrogen-bond donors (Lipinski definition) is 4. The first-order chi connectivity index (χ1) is 18.7. The molecule has 2 aromatic carbocycles. The van der Waals surface area contributed by atoms with E-state index in [1.165, 1.54) is 30.5 Å². The number of amides is 1. The van der Waals surface area contributed by atoms with E-state index in [9.17, 15) is 28.1 Å². The lowest BCUT2D eigenvalue weighted by Crippen LogP contribution is -2.54. The number of pyridine rings is 1. The Hall–Kier alpha value is -3.38. The Bertz CT molecular complexity index is 1370. The lowest BCUT2D eigenvalue weighted by Gasteiger charge is -2.28. The number of nitrogens with one attached hydrogen (secondary N) is 2. The number of hydrogen-bond acceptors (Lipinski definition) is 7. The molecule has 204 valence electrons. The number of benzene rings is 2. The molecule has 0 saturated heterocycles. The van der Waals surface area contributed by atoms with Gasteiger partial charge >= 0.3 is 7.12 Å². The van der Waals surface area contributed by atoms with Crippen LogP contribution in [0.3, 0.4) is 0 Å². The second kappa shape index (κ2) is 13.1. The van der Waals surface area contributed by atoms with Gasteiger partial charge in [-0.15, -0.1) is 0 Å². The first kappa shape index (κ1) is 28.6. The Balaban J connectivity index is 1.54. The maximum atomic E-state index is 13.4.